The molecular formula is C19H20BrN3O4. The van der Waals surface area contributed by atoms with Crippen LogP contribution in [0.15, 0.2) is 52.0 Å². The van der Waals surface area contributed by atoms with Crippen molar-refractivity contribution in [2.75, 3.05) is 18.5 Å². The summed E-state index contributed by atoms with van der Waals surface area (Å²) in [7, 11) is 0. The van der Waals surface area contributed by atoms with Crippen molar-refractivity contribution in [3.8, 4) is 5.75 Å². The minimum absolute atomic E-state index is 0.166. The molecule has 2 amide bonds. The third kappa shape index (κ3) is 6.74. The van der Waals surface area contributed by atoms with E-state index < -0.39 is 12.0 Å². The Morgan fingerprint density at radius 3 is 2.70 bits per heavy atom. The van der Waals surface area contributed by atoms with E-state index in [9.17, 15) is 9.59 Å². The van der Waals surface area contributed by atoms with Gasteiger partial charge in [-0.25, -0.2) is 15.0 Å². The Hall–Kier alpha value is -2.87. The number of ether oxygens (including phenoxy) is 2. The molecule has 0 saturated heterocycles. The van der Waals surface area contributed by atoms with Crippen LogP contribution in [0.3, 0.4) is 0 Å². The minimum atomic E-state index is -0.436. The van der Waals surface area contributed by atoms with Gasteiger partial charge in [0.15, 0.2) is 6.61 Å². The summed E-state index contributed by atoms with van der Waals surface area (Å²) in [6.45, 7) is 3.78. The average molecular weight is 434 g/mol. The number of anilines is 1. The lowest BCUT2D eigenvalue weighted by Gasteiger charge is -2.08. The first-order valence-corrected chi connectivity index (χ1v) is 9.02. The first-order chi connectivity index (χ1) is 13.0. The van der Waals surface area contributed by atoms with Gasteiger partial charge in [-0.05, 0) is 65.2 Å². The number of nitrogens with one attached hydrogen (secondary N) is 2. The fourth-order valence-corrected chi connectivity index (χ4v) is 2.59. The number of aryl methyl sites for hydroxylation is 1. The van der Waals surface area contributed by atoms with E-state index in [4.69, 9.17) is 9.47 Å². The van der Waals surface area contributed by atoms with Gasteiger partial charge in [-0.3, -0.25) is 0 Å². The highest BCUT2D eigenvalue weighted by Gasteiger charge is 2.07. The van der Waals surface area contributed by atoms with Crippen LogP contribution in [0.25, 0.3) is 0 Å². The van der Waals surface area contributed by atoms with Gasteiger partial charge in [0.2, 0.25) is 0 Å². The average Bonchev–Trinajstić information content (AvgIpc) is 2.63. The van der Waals surface area contributed by atoms with E-state index in [0.717, 1.165) is 16.8 Å². The number of urea groups is 1. The highest BCUT2D eigenvalue weighted by atomic mass is 79.9. The molecule has 2 rings (SSSR count). The van der Waals surface area contributed by atoms with Gasteiger partial charge < -0.3 is 14.8 Å². The third-order valence-corrected chi connectivity index (χ3v) is 4.00. The molecule has 0 aliphatic heterocycles. The van der Waals surface area contributed by atoms with Gasteiger partial charge in [0.25, 0.3) is 0 Å². The van der Waals surface area contributed by atoms with Crippen molar-refractivity contribution in [3.05, 3.63) is 58.1 Å². The Kier molecular flexibility index (Phi) is 7.81. The predicted molar refractivity (Wildman–Crippen MR) is 107 cm³/mol. The smallest absolute Gasteiger partial charge is 0.344 e. The molecule has 0 radical (unpaired) electrons. The number of amides is 2. The van der Waals surface area contributed by atoms with Crippen molar-refractivity contribution in [1.82, 2.24) is 5.43 Å². The fourth-order valence-electron chi connectivity index (χ4n) is 2.08. The van der Waals surface area contributed by atoms with Crippen LogP contribution in [0.4, 0.5) is 10.5 Å². The van der Waals surface area contributed by atoms with E-state index >= 15 is 0 Å². The summed E-state index contributed by atoms with van der Waals surface area (Å²) in [5.41, 5.74) is 4.82. The molecule has 0 aliphatic carbocycles. The van der Waals surface area contributed by atoms with Crippen LogP contribution in [-0.4, -0.2) is 31.4 Å². The number of hydrazone groups is 1. The maximum absolute atomic E-state index is 11.9. The van der Waals surface area contributed by atoms with Crippen molar-refractivity contribution in [2.24, 2.45) is 5.10 Å². The standard InChI is InChI=1S/C19H20BrN3O4/c1-3-26-18(24)12-27-17-9-8-14(10-15(17)20)11-21-23-19(25)22-16-7-5-4-6-13(16)2/h4-11H,3,12H2,1-2H3,(H2,22,23,25). The number of carbonyl (C=O) groups excluding carboxylic acids is 2. The summed E-state index contributed by atoms with van der Waals surface area (Å²) >= 11 is 3.37. The molecule has 2 aromatic carbocycles. The summed E-state index contributed by atoms with van der Waals surface area (Å²) < 4.78 is 10.8. The molecule has 8 heteroatoms. The third-order valence-electron chi connectivity index (χ3n) is 3.38. The van der Waals surface area contributed by atoms with Gasteiger partial charge in [-0.1, -0.05) is 18.2 Å². The molecule has 2 N–H and O–H groups in total. The predicted octanol–water partition coefficient (Wildman–Crippen LogP) is 3.86. The maximum Gasteiger partial charge on any atom is 0.344 e. The van der Waals surface area contributed by atoms with Crippen LogP contribution < -0.4 is 15.5 Å². The molecule has 2 aromatic rings. The van der Waals surface area contributed by atoms with Crippen LogP contribution >= 0.6 is 15.9 Å². The van der Waals surface area contributed by atoms with Gasteiger partial charge in [-0.2, -0.15) is 5.10 Å². The van der Waals surface area contributed by atoms with E-state index in [-0.39, 0.29) is 6.61 Å². The van der Waals surface area contributed by atoms with Crippen LogP contribution in [0.1, 0.15) is 18.1 Å². The number of hydrogen-bond donors (Lipinski definition) is 2. The Morgan fingerprint density at radius 2 is 2.00 bits per heavy atom. The number of esters is 1. The Balaban J connectivity index is 1.87. The Labute approximate surface area is 165 Å². The molecular weight excluding hydrogens is 414 g/mol. The molecule has 142 valence electrons. The zero-order valence-electron chi connectivity index (χ0n) is 15.0. The Bertz CT molecular complexity index is 839. The van der Waals surface area contributed by atoms with Crippen molar-refractivity contribution >= 4 is 39.8 Å². The molecule has 27 heavy (non-hydrogen) atoms. The largest absolute Gasteiger partial charge is 0.481 e. The first kappa shape index (κ1) is 20.4. The van der Waals surface area contributed by atoms with Gasteiger partial charge in [0.05, 0.1) is 17.3 Å². The number of nitrogens with zero attached hydrogens (tertiary/aromatic N) is 1. The topological polar surface area (TPSA) is 89.0 Å². The molecule has 0 saturated carbocycles. The monoisotopic (exact) mass is 433 g/mol. The number of halogens is 1. The first-order valence-electron chi connectivity index (χ1n) is 8.23. The van der Waals surface area contributed by atoms with E-state index in [1.807, 2.05) is 31.2 Å². The number of para-hydroxylation sites is 1. The van der Waals surface area contributed by atoms with E-state index in [1.54, 1.807) is 25.1 Å². The number of benzene rings is 2. The molecule has 0 heterocycles. The van der Waals surface area contributed by atoms with Crippen molar-refractivity contribution in [2.45, 2.75) is 13.8 Å². The van der Waals surface area contributed by atoms with Crippen LogP contribution in [-0.2, 0) is 9.53 Å². The van der Waals surface area contributed by atoms with Crippen LogP contribution in [0.2, 0.25) is 0 Å². The van der Waals surface area contributed by atoms with Gasteiger partial charge in [0.1, 0.15) is 5.75 Å². The summed E-state index contributed by atoms with van der Waals surface area (Å²) in [5.74, 6) is 0.0735. The van der Waals surface area contributed by atoms with Crippen molar-refractivity contribution in [1.29, 1.82) is 0 Å². The SMILES string of the molecule is CCOC(=O)COc1ccc(C=NNC(=O)Nc2ccccc2C)cc1Br. The molecule has 0 atom stereocenters. The van der Waals surface area contributed by atoms with Crippen molar-refractivity contribution in [3.63, 3.8) is 0 Å². The maximum atomic E-state index is 11.9. The molecule has 0 bridgehead atoms. The number of hydrogen-bond acceptors (Lipinski definition) is 5. The molecule has 0 unspecified atom stereocenters. The second-order valence-corrected chi connectivity index (χ2v) is 6.28. The number of rotatable bonds is 7. The summed E-state index contributed by atoms with van der Waals surface area (Å²) in [6.07, 6.45) is 1.50. The van der Waals surface area contributed by atoms with Crippen LogP contribution in [0, 0.1) is 6.92 Å². The molecule has 0 aromatic heterocycles. The van der Waals surface area contributed by atoms with Gasteiger partial charge in [0, 0.05) is 5.69 Å². The molecule has 0 fully saturated rings. The van der Waals surface area contributed by atoms with Crippen LogP contribution in [0.5, 0.6) is 5.75 Å². The van der Waals surface area contributed by atoms with E-state index in [0.29, 0.717) is 16.8 Å². The normalized spacial score (nSPS) is 10.5. The zero-order chi connectivity index (χ0) is 19.6. The second-order valence-electron chi connectivity index (χ2n) is 5.42. The van der Waals surface area contributed by atoms with E-state index in [1.165, 1.54) is 6.21 Å². The molecule has 0 aliphatic rings. The lowest BCUT2D eigenvalue weighted by atomic mass is 10.2. The molecule has 0 spiro atoms. The summed E-state index contributed by atoms with van der Waals surface area (Å²) in [6, 6.07) is 12.2. The van der Waals surface area contributed by atoms with E-state index in [2.05, 4.69) is 31.8 Å². The second kappa shape index (κ2) is 10.3. The lowest BCUT2D eigenvalue weighted by Crippen LogP contribution is -2.24. The summed E-state index contributed by atoms with van der Waals surface area (Å²) in [4.78, 5) is 23.2. The highest BCUT2D eigenvalue weighted by Crippen LogP contribution is 2.25. The van der Waals surface area contributed by atoms with Gasteiger partial charge in [-0.15, -0.1) is 0 Å². The quantitative estimate of drug-likeness (QED) is 0.394. The lowest BCUT2D eigenvalue weighted by molar-refractivity contribution is -0.145. The Morgan fingerprint density at radius 1 is 1.22 bits per heavy atom. The summed E-state index contributed by atoms with van der Waals surface area (Å²) in [5, 5.41) is 6.63. The number of carbonyl (C=O) groups is 2. The molecule has 7 nitrogen and oxygen atoms in total. The van der Waals surface area contributed by atoms with Crippen molar-refractivity contribution < 1.29 is 19.1 Å². The zero-order valence-corrected chi connectivity index (χ0v) is 16.6. The van der Waals surface area contributed by atoms with Gasteiger partial charge >= 0.3 is 12.0 Å². The fraction of sp³-hybridized carbons (Fsp3) is 0.211. The highest BCUT2D eigenvalue weighted by molar-refractivity contribution is 9.10. The minimum Gasteiger partial charge on any atom is -0.481 e.